The number of fused-ring (bicyclic) bond motifs is 1. The lowest BCUT2D eigenvalue weighted by atomic mass is 10.1. The second kappa shape index (κ2) is 2.49. The minimum Gasteiger partial charge on any atom is -0.376 e. The van der Waals surface area contributed by atoms with Crippen molar-refractivity contribution in [2.24, 2.45) is 0 Å². The minimum atomic E-state index is 0.174. The molecule has 0 unspecified atom stereocenters. The third-order valence-corrected chi connectivity index (χ3v) is 2.22. The number of hydrogen-bond acceptors (Lipinski definition) is 3. The van der Waals surface area contributed by atoms with Crippen LogP contribution in [-0.2, 0) is 14.2 Å². The molecule has 2 aliphatic rings. The van der Waals surface area contributed by atoms with Crippen molar-refractivity contribution in [2.45, 2.75) is 24.7 Å². The second-order valence-corrected chi connectivity index (χ2v) is 2.77. The lowest BCUT2D eigenvalue weighted by Gasteiger charge is -2.12. The van der Waals surface area contributed by atoms with Gasteiger partial charge in [-0.15, -0.1) is 0 Å². The van der Waals surface area contributed by atoms with Crippen LogP contribution in [0.25, 0.3) is 0 Å². The summed E-state index contributed by atoms with van der Waals surface area (Å²) < 4.78 is 16.0. The van der Waals surface area contributed by atoms with E-state index in [4.69, 9.17) is 14.2 Å². The molecule has 10 heavy (non-hydrogen) atoms. The van der Waals surface area contributed by atoms with Crippen molar-refractivity contribution in [3.8, 4) is 0 Å². The Morgan fingerprint density at radius 3 is 3.10 bits per heavy atom. The highest BCUT2D eigenvalue weighted by molar-refractivity contribution is 4.89. The summed E-state index contributed by atoms with van der Waals surface area (Å²) in [6.45, 7) is 1.53. The van der Waals surface area contributed by atoms with Gasteiger partial charge in [0, 0.05) is 13.7 Å². The maximum absolute atomic E-state index is 5.43. The van der Waals surface area contributed by atoms with E-state index in [1.54, 1.807) is 7.11 Å². The highest BCUT2D eigenvalue weighted by Crippen LogP contribution is 2.27. The largest absolute Gasteiger partial charge is 0.376 e. The molecule has 0 amide bonds. The van der Waals surface area contributed by atoms with Crippen LogP contribution in [0.2, 0.25) is 0 Å². The molecule has 0 bridgehead atoms. The van der Waals surface area contributed by atoms with Gasteiger partial charge in [0.05, 0.1) is 12.7 Å². The average molecular weight is 144 g/mol. The van der Waals surface area contributed by atoms with E-state index in [1.165, 1.54) is 0 Å². The lowest BCUT2D eigenvalue weighted by molar-refractivity contribution is -0.00727. The zero-order chi connectivity index (χ0) is 6.97. The summed E-state index contributed by atoms with van der Waals surface area (Å²) in [6, 6.07) is 0. The molecule has 2 heterocycles. The maximum atomic E-state index is 5.43. The summed E-state index contributed by atoms with van der Waals surface area (Å²) in [5.74, 6) is 0. The van der Waals surface area contributed by atoms with Crippen molar-refractivity contribution in [2.75, 3.05) is 20.3 Å². The summed E-state index contributed by atoms with van der Waals surface area (Å²) in [5.41, 5.74) is 0. The van der Waals surface area contributed by atoms with Gasteiger partial charge >= 0.3 is 0 Å². The van der Waals surface area contributed by atoms with Gasteiger partial charge < -0.3 is 14.2 Å². The molecule has 0 aliphatic carbocycles. The van der Waals surface area contributed by atoms with Gasteiger partial charge in [-0.1, -0.05) is 0 Å². The first-order valence-electron chi connectivity index (χ1n) is 3.68. The van der Waals surface area contributed by atoms with Gasteiger partial charge in [0.25, 0.3) is 0 Å². The Bertz CT molecular complexity index is 126. The van der Waals surface area contributed by atoms with Gasteiger partial charge in [-0.3, -0.25) is 0 Å². The topological polar surface area (TPSA) is 27.7 Å². The highest BCUT2D eigenvalue weighted by atomic mass is 16.6. The zero-order valence-electron chi connectivity index (χ0n) is 6.08. The van der Waals surface area contributed by atoms with Gasteiger partial charge in [0.2, 0.25) is 0 Å². The molecule has 3 atom stereocenters. The predicted octanol–water partition coefficient (Wildman–Crippen LogP) is 0.189. The number of methoxy groups -OCH3 is 1. The Morgan fingerprint density at radius 1 is 1.40 bits per heavy atom. The molecule has 0 N–H and O–H groups in total. The fraction of sp³-hybridized carbons (Fsp3) is 1.00. The Kier molecular flexibility index (Phi) is 1.64. The first-order chi connectivity index (χ1) is 4.92. The van der Waals surface area contributed by atoms with Crippen molar-refractivity contribution in [1.82, 2.24) is 0 Å². The minimum absolute atomic E-state index is 0.174. The smallest absolute Gasteiger partial charge is 0.112 e. The van der Waals surface area contributed by atoms with Crippen molar-refractivity contribution in [3.63, 3.8) is 0 Å². The normalized spacial score (nSPS) is 45.9. The standard InChI is InChI=1S/C7H12O3/c1-8-6-4-10-5-2-3-9-7(5)6/h5-7H,2-4H2,1H3/t5-,6+,7+/m1/s1. The zero-order valence-corrected chi connectivity index (χ0v) is 6.08. The van der Waals surface area contributed by atoms with E-state index >= 15 is 0 Å². The maximum Gasteiger partial charge on any atom is 0.112 e. The summed E-state index contributed by atoms with van der Waals surface area (Å²) in [6.07, 6.45) is 1.73. The van der Waals surface area contributed by atoms with Gasteiger partial charge in [-0.05, 0) is 6.42 Å². The fourth-order valence-electron chi connectivity index (χ4n) is 1.63. The molecule has 2 fully saturated rings. The summed E-state index contributed by atoms with van der Waals surface area (Å²) >= 11 is 0. The Balaban J connectivity index is 2.01. The molecule has 0 aromatic rings. The second-order valence-electron chi connectivity index (χ2n) is 2.77. The van der Waals surface area contributed by atoms with Gasteiger partial charge in [0.1, 0.15) is 12.2 Å². The van der Waals surface area contributed by atoms with E-state index in [2.05, 4.69) is 0 Å². The Labute approximate surface area is 60.3 Å². The Morgan fingerprint density at radius 2 is 2.30 bits per heavy atom. The number of rotatable bonds is 1. The number of hydrogen-bond donors (Lipinski definition) is 0. The molecule has 0 radical (unpaired) electrons. The molecular formula is C7H12O3. The molecule has 3 heteroatoms. The van der Waals surface area contributed by atoms with Crippen molar-refractivity contribution >= 4 is 0 Å². The van der Waals surface area contributed by atoms with E-state index in [0.29, 0.717) is 12.7 Å². The van der Waals surface area contributed by atoms with E-state index in [9.17, 15) is 0 Å². The number of ether oxygens (including phenoxy) is 3. The third kappa shape index (κ3) is 0.856. The predicted molar refractivity (Wildman–Crippen MR) is 34.9 cm³/mol. The summed E-state index contributed by atoms with van der Waals surface area (Å²) in [7, 11) is 1.71. The summed E-state index contributed by atoms with van der Waals surface area (Å²) in [4.78, 5) is 0. The van der Waals surface area contributed by atoms with E-state index in [0.717, 1.165) is 13.0 Å². The SMILES string of the molecule is CO[C@H]1CO[C@@H]2CCO[C@H]12. The van der Waals surface area contributed by atoms with Crippen LogP contribution in [-0.4, -0.2) is 38.6 Å². The molecule has 58 valence electrons. The van der Waals surface area contributed by atoms with E-state index < -0.39 is 0 Å². The van der Waals surface area contributed by atoms with Crippen LogP contribution in [0.1, 0.15) is 6.42 Å². The molecule has 2 saturated heterocycles. The molecule has 2 aliphatic heterocycles. The van der Waals surface area contributed by atoms with Crippen LogP contribution in [0.5, 0.6) is 0 Å². The van der Waals surface area contributed by atoms with Crippen LogP contribution in [0, 0.1) is 0 Å². The molecule has 3 nitrogen and oxygen atoms in total. The van der Waals surface area contributed by atoms with Crippen molar-refractivity contribution in [1.29, 1.82) is 0 Å². The third-order valence-electron chi connectivity index (χ3n) is 2.22. The molecule has 0 saturated carbocycles. The molecule has 0 aromatic carbocycles. The quantitative estimate of drug-likeness (QED) is 0.525. The first-order valence-corrected chi connectivity index (χ1v) is 3.68. The van der Waals surface area contributed by atoms with Crippen LogP contribution < -0.4 is 0 Å². The van der Waals surface area contributed by atoms with E-state index in [-0.39, 0.29) is 12.2 Å². The van der Waals surface area contributed by atoms with Gasteiger partial charge in [-0.2, -0.15) is 0 Å². The van der Waals surface area contributed by atoms with Crippen LogP contribution in [0.4, 0.5) is 0 Å². The molecule has 0 spiro atoms. The highest BCUT2D eigenvalue weighted by Gasteiger charge is 2.41. The van der Waals surface area contributed by atoms with Crippen molar-refractivity contribution < 1.29 is 14.2 Å². The summed E-state index contributed by atoms with van der Waals surface area (Å²) in [5, 5.41) is 0. The average Bonchev–Trinajstić information content (AvgIpc) is 2.44. The lowest BCUT2D eigenvalue weighted by Crippen LogP contribution is -2.28. The molecule has 2 rings (SSSR count). The first kappa shape index (κ1) is 6.58. The fourth-order valence-corrected chi connectivity index (χ4v) is 1.63. The monoisotopic (exact) mass is 144 g/mol. The van der Waals surface area contributed by atoms with Gasteiger partial charge in [0.15, 0.2) is 0 Å². The van der Waals surface area contributed by atoms with Crippen LogP contribution in [0.15, 0.2) is 0 Å². The Hall–Kier alpha value is -0.120. The molecular weight excluding hydrogens is 132 g/mol. The van der Waals surface area contributed by atoms with Crippen LogP contribution >= 0.6 is 0 Å². The van der Waals surface area contributed by atoms with Crippen LogP contribution in [0.3, 0.4) is 0 Å². The van der Waals surface area contributed by atoms with Crippen molar-refractivity contribution in [3.05, 3.63) is 0 Å². The van der Waals surface area contributed by atoms with Gasteiger partial charge in [-0.25, -0.2) is 0 Å². The van der Waals surface area contributed by atoms with E-state index in [1.807, 2.05) is 0 Å². The molecule has 0 aromatic heterocycles.